The van der Waals surface area contributed by atoms with Crippen molar-refractivity contribution in [1.29, 1.82) is 0 Å². The van der Waals surface area contributed by atoms with Crippen molar-refractivity contribution >= 4 is 38.7 Å². The van der Waals surface area contributed by atoms with Crippen molar-refractivity contribution in [1.82, 2.24) is 15.3 Å². The molecule has 0 aliphatic heterocycles. The molecule has 0 aliphatic rings. The number of anilines is 1. The number of thiazole rings is 1. The van der Waals surface area contributed by atoms with Crippen LogP contribution in [0.4, 0.5) is 14.3 Å². The first-order chi connectivity index (χ1) is 16.0. The van der Waals surface area contributed by atoms with Gasteiger partial charge in [-0.25, -0.2) is 14.2 Å². The summed E-state index contributed by atoms with van der Waals surface area (Å²) in [6.45, 7) is 1.65. The number of aliphatic carboxylic acids is 1. The molecule has 11 heteroatoms. The van der Waals surface area contributed by atoms with E-state index in [1.807, 2.05) is 12.1 Å². The molecule has 8 nitrogen and oxygen atoms in total. The third kappa shape index (κ3) is 5.54. The number of carbonyl (C=O) groups excluding carboxylic acids is 2. The molecule has 0 aliphatic carbocycles. The molecule has 0 bridgehead atoms. The molecule has 0 fully saturated rings. The van der Waals surface area contributed by atoms with Crippen LogP contribution in [0.1, 0.15) is 6.92 Å². The fourth-order valence-electron chi connectivity index (χ4n) is 3.20. The summed E-state index contributed by atoms with van der Waals surface area (Å²) in [7, 11) is 0. The molecule has 0 saturated heterocycles. The zero-order valence-electron chi connectivity index (χ0n) is 18.4. The van der Waals surface area contributed by atoms with E-state index in [0.29, 0.717) is 33.8 Å². The van der Waals surface area contributed by atoms with E-state index in [1.165, 1.54) is 0 Å². The van der Waals surface area contributed by atoms with E-state index in [-0.39, 0.29) is 35.1 Å². The van der Waals surface area contributed by atoms with Crippen LogP contribution in [0.3, 0.4) is 0 Å². The number of benzene rings is 2. The number of ether oxygens (including phenoxy) is 1. The maximum atomic E-state index is 15.6. The summed E-state index contributed by atoms with van der Waals surface area (Å²) in [5.74, 6) is -1.57. The van der Waals surface area contributed by atoms with Crippen molar-refractivity contribution in [2.75, 3.05) is 18.5 Å². The van der Waals surface area contributed by atoms with Crippen molar-refractivity contribution in [3.63, 3.8) is 0 Å². The van der Waals surface area contributed by atoms with Crippen LogP contribution in [0.2, 0.25) is 0 Å². The second-order valence-corrected chi connectivity index (χ2v) is 7.87. The maximum absolute atomic E-state index is 15.6. The smallest absolute Gasteiger partial charge is 0.546 e. The molecule has 2 N–H and O–H groups in total. The summed E-state index contributed by atoms with van der Waals surface area (Å²) in [6.07, 6.45) is 1.64. The van der Waals surface area contributed by atoms with Crippen LogP contribution in [0.5, 0.6) is 5.75 Å². The number of aromatic nitrogens is 2. The largest absolute Gasteiger partial charge is 1.00 e. The number of urea groups is 1. The zero-order chi connectivity index (χ0) is 23.4. The molecule has 168 valence electrons. The minimum absolute atomic E-state index is 0. The van der Waals surface area contributed by atoms with E-state index >= 15 is 4.39 Å². The molecule has 2 aromatic carbocycles. The molecular weight excluding hydrogens is 454 g/mol. The molecule has 2 aromatic heterocycles. The average Bonchev–Trinajstić information content (AvgIpc) is 3.23. The van der Waals surface area contributed by atoms with E-state index in [0.717, 1.165) is 11.3 Å². The number of amides is 2. The van der Waals surface area contributed by atoms with Gasteiger partial charge >= 0.3 is 24.9 Å². The van der Waals surface area contributed by atoms with Gasteiger partial charge < -0.3 is 20.0 Å². The normalized spacial score (nSPS) is 10.4. The summed E-state index contributed by atoms with van der Waals surface area (Å²) < 4.78 is 21.2. The minimum atomic E-state index is -1.34. The van der Waals surface area contributed by atoms with Crippen LogP contribution in [0, 0.1) is 5.82 Å². The fourth-order valence-corrected chi connectivity index (χ4v) is 4.18. The number of halogens is 1. The predicted molar refractivity (Wildman–Crippen MR) is 121 cm³/mol. The van der Waals surface area contributed by atoms with Gasteiger partial charge in [-0.2, -0.15) is 0 Å². The Bertz CT molecular complexity index is 1320. The minimum Gasteiger partial charge on any atom is -0.546 e. The Kier molecular flexibility index (Phi) is 8.23. The Morgan fingerprint density at radius 3 is 2.56 bits per heavy atom. The third-order valence-corrected chi connectivity index (χ3v) is 5.63. The Balaban J connectivity index is 0.00000324. The molecule has 4 aromatic rings. The van der Waals surface area contributed by atoms with Gasteiger partial charge in [-0.15, -0.1) is 0 Å². The van der Waals surface area contributed by atoms with Crippen LogP contribution in [-0.2, 0) is 4.79 Å². The van der Waals surface area contributed by atoms with Gasteiger partial charge in [0.05, 0.1) is 16.4 Å². The molecule has 2 heterocycles. The maximum Gasteiger partial charge on any atom is 1.00 e. The first-order valence-electron chi connectivity index (χ1n) is 9.98. The van der Waals surface area contributed by atoms with Gasteiger partial charge in [0.25, 0.3) is 0 Å². The number of pyridine rings is 1. The number of nitrogens with one attached hydrogen (secondary N) is 2. The van der Waals surface area contributed by atoms with Gasteiger partial charge in [0.15, 0.2) is 10.9 Å². The van der Waals surface area contributed by atoms with Crippen LogP contribution >= 0.6 is 11.3 Å². The first-order valence-corrected chi connectivity index (χ1v) is 10.8. The Labute approximate surface area is 210 Å². The Hall–Kier alpha value is -3.45. The number of nitrogens with zero attached hydrogens (tertiary/aromatic N) is 2. The van der Waals surface area contributed by atoms with Crippen LogP contribution < -0.4 is 39.3 Å². The van der Waals surface area contributed by atoms with Crippen molar-refractivity contribution in [2.24, 2.45) is 0 Å². The van der Waals surface area contributed by atoms with Gasteiger partial charge in [0.1, 0.15) is 17.9 Å². The fraction of sp³-hybridized carbons (Fsp3) is 0.130. The standard InChI is InChI=1S/C23H19FN4O4S.Li/c1-2-25-22(31)28-23-27-20-19(24)15(13-6-8-14(9-7-13)32-12-18(29)30)11-16(21(20)33-23)17-5-3-4-10-26-17;/h3-11H,2,12H2,1H3,(H,29,30)(H2,25,27,28,31);/q;+1/p-1. The van der Waals surface area contributed by atoms with Crippen molar-refractivity contribution in [2.45, 2.75) is 6.92 Å². The van der Waals surface area contributed by atoms with Gasteiger partial charge in [0.2, 0.25) is 0 Å². The quantitative estimate of drug-likeness (QED) is 0.377. The number of carbonyl (C=O) groups is 2. The number of fused-ring (bicyclic) bond motifs is 1. The molecular formula is C23H18FLiN4O4S. The molecule has 0 unspecified atom stereocenters. The molecule has 34 heavy (non-hydrogen) atoms. The number of hydrogen-bond acceptors (Lipinski definition) is 7. The molecule has 0 saturated carbocycles. The summed E-state index contributed by atoms with van der Waals surface area (Å²) in [6, 6.07) is 13.0. The Morgan fingerprint density at radius 2 is 1.91 bits per heavy atom. The summed E-state index contributed by atoms with van der Waals surface area (Å²) in [4.78, 5) is 31.2. The topological polar surface area (TPSA) is 116 Å². The van der Waals surface area contributed by atoms with Gasteiger partial charge in [-0.1, -0.05) is 29.5 Å². The predicted octanol–water partition coefficient (Wildman–Crippen LogP) is 0.438. The average molecular weight is 472 g/mol. The zero-order valence-corrected chi connectivity index (χ0v) is 19.2. The van der Waals surface area contributed by atoms with E-state index < -0.39 is 24.4 Å². The van der Waals surface area contributed by atoms with E-state index in [4.69, 9.17) is 4.74 Å². The van der Waals surface area contributed by atoms with Gasteiger partial charge in [0, 0.05) is 23.9 Å². The molecule has 0 spiro atoms. The summed E-state index contributed by atoms with van der Waals surface area (Å²) in [5.41, 5.74) is 2.23. The van der Waals surface area contributed by atoms with E-state index in [1.54, 1.807) is 49.5 Å². The van der Waals surface area contributed by atoms with Crippen molar-refractivity contribution < 1.29 is 42.7 Å². The molecule has 2 amide bonds. The second kappa shape index (κ2) is 11.1. The van der Waals surface area contributed by atoms with Crippen molar-refractivity contribution in [3.8, 4) is 28.1 Å². The Morgan fingerprint density at radius 1 is 1.15 bits per heavy atom. The van der Waals surface area contributed by atoms with Gasteiger partial charge in [-0.3, -0.25) is 10.3 Å². The third-order valence-electron chi connectivity index (χ3n) is 4.63. The second-order valence-electron chi connectivity index (χ2n) is 6.87. The van der Waals surface area contributed by atoms with Gasteiger partial charge in [-0.05, 0) is 42.8 Å². The summed E-state index contributed by atoms with van der Waals surface area (Å²) in [5, 5.41) is 16.1. The van der Waals surface area contributed by atoms with E-state index in [2.05, 4.69) is 20.6 Å². The monoisotopic (exact) mass is 472 g/mol. The molecule has 4 rings (SSSR count). The van der Waals surface area contributed by atoms with Crippen molar-refractivity contribution in [3.05, 3.63) is 60.5 Å². The first kappa shape index (κ1) is 25.2. The van der Waals surface area contributed by atoms with E-state index in [9.17, 15) is 14.7 Å². The summed E-state index contributed by atoms with van der Waals surface area (Å²) >= 11 is 1.16. The number of carboxylic acid groups (broad SMARTS) is 1. The number of carboxylic acids is 1. The van der Waals surface area contributed by atoms with Crippen LogP contribution in [-0.4, -0.2) is 35.1 Å². The SMILES string of the molecule is CCNC(=O)Nc1nc2c(F)c(-c3ccc(OCC(=O)[O-])cc3)cc(-c3ccccn3)c2s1.[Li+]. The van der Waals surface area contributed by atoms with Crippen LogP contribution in [0.25, 0.3) is 32.6 Å². The molecule has 0 atom stereocenters. The number of rotatable bonds is 7. The number of hydrogen-bond donors (Lipinski definition) is 2. The molecule has 0 radical (unpaired) electrons. The van der Waals surface area contributed by atoms with Crippen LogP contribution in [0.15, 0.2) is 54.7 Å².